The van der Waals surface area contributed by atoms with Gasteiger partial charge in [-0.2, -0.15) is 18.2 Å². The second-order valence-electron chi connectivity index (χ2n) is 15.2. The molecule has 2 aliphatic heterocycles. The number of hydrazine groups is 1. The van der Waals surface area contributed by atoms with Crippen LogP contribution in [-0.2, 0) is 37.2 Å². The molecule has 3 fully saturated rings. The number of carbonyl (C=O) groups excluding carboxylic acids is 4. The average Bonchev–Trinajstić information content (AvgIpc) is 3.54. The number of phenols is 2. The molecule has 4 aliphatic rings. The summed E-state index contributed by atoms with van der Waals surface area (Å²) in [4.78, 5) is 63.8. The van der Waals surface area contributed by atoms with Crippen molar-refractivity contribution in [3.8, 4) is 11.5 Å². The fourth-order valence-corrected chi connectivity index (χ4v) is 9.84. The third kappa shape index (κ3) is 6.13. The molecule has 0 bridgehead atoms. The summed E-state index contributed by atoms with van der Waals surface area (Å²) >= 11 is 12.6. The highest BCUT2D eigenvalue weighted by molar-refractivity contribution is 6.33. The number of anilines is 1. The van der Waals surface area contributed by atoms with Crippen LogP contribution in [0.15, 0.2) is 84.6 Å². The number of alkyl halides is 3. The van der Waals surface area contributed by atoms with Gasteiger partial charge in [0.25, 0.3) is 11.8 Å². The number of hydrogen-bond donors (Lipinski definition) is 3. The van der Waals surface area contributed by atoms with E-state index < -0.39 is 63.6 Å². The molecule has 4 aromatic rings. The Hall–Kier alpha value is -5.40. The third-order valence-corrected chi connectivity index (χ3v) is 12.6. The number of aromatic nitrogens is 1. The van der Waals surface area contributed by atoms with E-state index in [-0.39, 0.29) is 48.5 Å². The van der Waals surface area contributed by atoms with E-state index in [1.165, 1.54) is 17.0 Å². The van der Waals surface area contributed by atoms with Crippen molar-refractivity contribution >= 4 is 52.6 Å². The number of likely N-dealkylation sites (tertiary alicyclic amines) is 1. The summed E-state index contributed by atoms with van der Waals surface area (Å²) in [5, 5.41) is 21.2. The van der Waals surface area contributed by atoms with Gasteiger partial charge in [0.1, 0.15) is 11.5 Å². The van der Waals surface area contributed by atoms with E-state index in [1.807, 2.05) is 6.08 Å². The molecule has 1 aromatic heterocycles. The fraction of sp³-hybridized carbons (Fsp3) is 0.310. The molecule has 0 radical (unpaired) electrons. The molecule has 4 amide bonds. The van der Waals surface area contributed by atoms with Gasteiger partial charge in [-0.05, 0) is 97.2 Å². The van der Waals surface area contributed by atoms with Crippen molar-refractivity contribution in [1.29, 1.82) is 0 Å². The number of nitrogens with one attached hydrogen (secondary N) is 1. The molecule has 294 valence electrons. The molecule has 10 nitrogen and oxygen atoms in total. The number of imide groups is 2. The Labute approximate surface area is 334 Å². The van der Waals surface area contributed by atoms with Crippen molar-refractivity contribution in [1.82, 2.24) is 14.9 Å². The highest BCUT2D eigenvalue weighted by Crippen LogP contribution is 2.64. The molecule has 8 rings (SSSR count). The van der Waals surface area contributed by atoms with Gasteiger partial charge in [0.05, 0.1) is 33.8 Å². The Bertz CT molecular complexity index is 2370. The molecule has 3 aromatic carbocycles. The Morgan fingerprint density at radius 2 is 1.56 bits per heavy atom. The molecule has 0 spiro atoms. The van der Waals surface area contributed by atoms with E-state index >= 15 is 4.79 Å². The average molecular weight is 820 g/mol. The first-order valence-corrected chi connectivity index (χ1v) is 19.0. The maximum atomic E-state index is 15.4. The summed E-state index contributed by atoms with van der Waals surface area (Å²) in [6.07, 6.45) is -1.78. The predicted octanol–water partition coefficient (Wildman–Crippen LogP) is 7.66. The molecular formula is C42H35Cl2F3N4O6. The Morgan fingerprint density at radius 3 is 2.19 bits per heavy atom. The molecule has 3 N–H and O–H groups in total. The van der Waals surface area contributed by atoms with Crippen LogP contribution in [0.5, 0.6) is 11.5 Å². The van der Waals surface area contributed by atoms with Gasteiger partial charge in [0, 0.05) is 23.7 Å². The molecule has 2 saturated heterocycles. The molecule has 3 heterocycles. The van der Waals surface area contributed by atoms with E-state index in [1.54, 1.807) is 62.4 Å². The topological polar surface area (TPSA) is 140 Å². The van der Waals surface area contributed by atoms with Crippen LogP contribution in [0.4, 0.5) is 19.0 Å². The number of phenolic OH excluding ortho intramolecular Hbond substituents is 2. The number of carbonyl (C=O) groups is 4. The Kier molecular flexibility index (Phi) is 9.39. The number of aromatic hydroxyl groups is 2. The number of benzene rings is 3. The number of pyridine rings is 1. The van der Waals surface area contributed by atoms with Crippen LogP contribution in [0.25, 0.3) is 0 Å². The normalized spacial score (nSPS) is 25.7. The lowest BCUT2D eigenvalue weighted by Crippen LogP contribution is -2.53. The molecule has 6 unspecified atom stereocenters. The lowest BCUT2D eigenvalue weighted by atomic mass is 9.49. The number of aryl methyl sites for hydroxylation is 2. The SMILES string of the molecule is Cc1cc(C2C3=CCC4C(=O)N(CCc5ccc(O)cc5)C(=O)C4C3CC3C(=O)N(Nc4ncc(C(F)(F)F)cc4Cl)C(=O)C32c2ccc(Cl)cc2)cc(C)c1O. The van der Waals surface area contributed by atoms with Crippen LogP contribution in [0.3, 0.4) is 0 Å². The zero-order valence-electron chi connectivity index (χ0n) is 30.5. The van der Waals surface area contributed by atoms with Crippen LogP contribution in [0, 0.1) is 37.5 Å². The molecular weight excluding hydrogens is 784 g/mol. The quantitative estimate of drug-likeness (QED) is 0.128. The van der Waals surface area contributed by atoms with Crippen LogP contribution in [0.1, 0.15) is 52.1 Å². The maximum Gasteiger partial charge on any atom is 0.417 e. The van der Waals surface area contributed by atoms with E-state index in [0.717, 1.165) is 10.6 Å². The number of rotatable bonds is 7. The van der Waals surface area contributed by atoms with Crippen molar-refractivity contribution in [2.45, 2.75) is 50.6 Å². The number of fused-ring (bicyclic) bond motifs is 4. The smallest absolute Gasteiger partial charge is 0.417 e. The summed E-state index contributed by atoms with van der Waals surface area (Å²) in [5.41, 5.74) is 3.31. The number of halogens is 5. The van der Waals surface area contributed by atoms with Gasteiger partial charge in [-0.1, -0.05) is 71.2 Å². The van der Waals surface area contributed by atoms with Crippen molar-refractivity contribution in [2.24, 2.45) is 23.7 Å². The molecule has 2 aliphatic carbocycles. The largest absolute Gasteiger partial charge is 0.508 e. The Morgan fingerprint density at radius 1 is 0.895 bits per heavy atom. The molecule has 1 saturated carbocycles. The lowest BCUT2D eigenvalue weighted by Gasteiger charge is -2.50. The van der Waals surface area contributed by atoms with Gasteiger partial charge in [0.15, 0.2) is 5.82 Å². The zero-order valence-corrected chi connectivity index (χ0v) is 32.0. The van der Waals surface area contributed by atoms with Crippen molar-refractivity contribution in [2.75, 3.05) is 12.0 Å². The molecule has 15 heteroatoms. The van der Waals surface area contributed by atoms with Crippen LogP contribution < -0.4 is 5.43 Å². The van der Waals surface area contributed by atoms with E-state index in [9.17, 15) is 37.8 Å². The standard InChI is InChI=1S/C42H35Cl2F3N4O6/c1-20-15-23(16-21(2)35(20)53)34-28-11-12-29-33(39(56)50(37(29)54)14-13-22-3-9-27(52)10-4-22)30(28)18-31-38(55)51(40(57)41(31,34)24-5-7-26(43)8-6-24)49-36-32(44)17-25(19-48-36)42(45,46)47/h3-11,15-17,19,29-31,33-34,52-53H,12-14,18H2,1-2H3,(H,48,49). The monoisotopic (exact) mass is 818 g/mol. The van der Waals surface area contributed by atoms with Gasteiger partial charge >= 0.3 is 6.18 Å². The van der Waals surface area contributed by atoms with Crippen LogP contribution >= 0.6 is 23.2 Å². The number of hydrogen-bond acceptors (Lipinski definition) is 8. The van der Waals surface area contributed by atoms with E-state index in [0.29, 0.717) is 51.5 Å². The minimum atomic E-state index is -4.75. The lowest BCUT2D eigenvalue weighted by molar-refractivity contribution is -0.141. The first-order chi connectivity index (χ1) is 27.0. The zero-order chi connectivity index (χ0) is 40.7. The van der Waals surface area contributed by atoms with Gasteiger partial charge < -0.3 is 10.2 Å². The van der Waals surface area contributed by atoms with Crippen molar-refractivity contribution < 1.29 is 42.6 Å². The minimum absolute atomic E-state index is 0.0239. The van der Waals surface area contributed by atoms with Gasteiger partial charge in [-0.15, -0.1) is 0 Å². The first-order valence-electron chi connectivity index (χ1n) is 18.3. The van der Waals surface area contributed by atoms with Gasteiger partial charge in [-0.3, -0.25) is 29.5 Å². The summed E-state index contributed by atoms with van der Waals surface area (Å²) in [5.74, 6) is -6.74. The van der Waals surface area contributed by atoms with E-state index in [2.05, 4.69) is 10.4 Å². The first kappa shape index (κ1) is 38.5. The third-order valence-electron chi connectivity index (χ3n) is 12.1. The number of allylic oxidation sites excluding steroid dienone is 2. The summed E-state index contributed by atoms with van der Waals surface area (Å²) in [6, 6.07) is 17.1. The highest BCUT2D eigenvalue weighted by Gasteiger charge is 2.70. The minimum Gasteiger partial charge on any atom is -0.508 e. The summed E-state index contributed by atoms with van der Waals surface area (Å²) < 4.78 is 40.5. The van der Waals surface area contributed by atoms with Crippen LogP contribution in [0.2, 0.25) is 10.0 Å². The predicted molar refractivity (Wildman–Crippen MR) is 203 cm³/mol. The summed E-state index contributed by atoms with van der Waals surface area (Å²) in [7, 11) is 0. The maximum absolute atomic E-state index is 15.4. The second-order valence-corrected chi connectivity index (χ2v) is 16.0. The fourth-order valence-electron chi connectivity index (χ4n) is 9.50. The van der Waals surface area contributed by atoms with Gasteiger partial charge in [0.2, 0.25) is 11.8 Å². The van der Waals surface area contributed by atoms with Crippen molar-refractivity contribution in [3.05, 3.63) is 128 Å². The van der Waals surface area contributed by atoms with E-state index in [4.69, 9.17) is 23.2 Å². The summed E-state index contributed by atoms with van der Waals surface area (Å²) in [6.45, 7) is 3.52. The van der Waals surface area contributed by atoms with Crippen molar-refractivity contribution in [3.63, 3.8) is 0 Å². The molecule has 6 atom stereocenters. The number of nitrogens with zero attached hydrogens (tertiary/aromatic N) is 3. The van der Waals surface area contributed by atoms with Gasteiger partial charge in [-0.25, -0.2) is 4.98 Å². The van der Waals surface area contributed by atoms with Crippen LogP contribution in [-0.4, -0.2) is 55.3 Å². The Balaban J connectivity index is 1.27. The molecule has 57 heavy (non-hydrogen) atoms. The highest BCUT2D eigenvalue weighted by atomic mass is 35.5. The second kappa shape index (κ2) is 13.9. The number of amides is 4.